The molecule has 2 aromatic heterocycles. The molecule has 3 rings (SSSR count). The van der Waals surface area contributed by atoms with Crippen molar-refractivity contribution in [1.29, 1.82) is 0 Å². The van der Waals surface area contributed by atoms with Crippen LogP contribution in [0.15, 0.2) is 12.4 Å². The van der Waals surface area contributed by atoms with Gasteiger partial charge in [0.2, 0.25) is 0 Å². The van der Waals surface area contributed by atoms with E-state index in [4.69, 9.17) is 5.11 Å². The lowest BCUT2D eigenvalue weighted by Crippen LogP contribution is -2.48. The van der Waals surface area contributed by atoms with Gasteiger partial charge in [0.25, 0.3) is 0 Å². The molecular formula is C10H13N7O2. The lowest BCUT2D eigenvalue weighted by Gasteiger charge is -2.34. The molecule has 0 radical (unpaired) electrons. The maximum atomic E-state index is 10.7. The molecule has 1 aliphatic heterocycles. The van der Waals surface area contributed by atoms with Gasteiger partial charge in [0.15, 0.2) is 11.5 Å². The number of aromatic nitrogens is 5. The Bertz CT molecular complexity index is 590. The van der Waals surface area contributed by atoms with Crippen molar-refractivity contribution in [3.63, 3.8) is 0 Å². The molecule has 0 amide bonds. The van der Waals surface area contributed by atoms with Gasteiger partial charge in [-0.25, -0.2) is 0 Å². The van der Waals surface area contributed by atoms with Crippen LogP contribution < -0.4 is 4.90 Å². The summed E-state index contributed by atoms with van der Waals surface area (Å²) in [5, 5.41) is 20.2. The third-order valence-corrected chi connectivity index (χ3v) is 3.15. The number of hydrogen-bond donors (Lipinski definition) is 1. The fourth-order valence-electron chi connectivity index (χ4n) is 2.20. The van der Waals surface area contributed by atoms with Gasteiger partial charge < -0.3 is 10.0 Å². The first-order chi connectivity index (χ1) is 9.24. The quantitative estimate of drug-likeness (QED) is 0.731. The zero-order chi connectivity index (χ0) is 13.2. The molecule has 1 N–H and O–H groups in total. The maximum absolute atomic E-state index is 10.7. The number of piperazine rings is 1. The highest BCUT2D eigenvalue weighted by atomic mass is 16.4. The van der Waals surface area contributed by atoms with E-state index in [-0.39, 0.29) is 6.54 Å². The minimum absolute atomic E-state index is 0.0845. The van der Waals surface area contributed by atoms with E-state index in [9.17, 15) is 4.79 Å². The van der Waals surface area contributed by atoms with Crippen molar-refractivity contribution in [2.45, 2.75) is 0 Å². The fourth-order valence-corrected chi connectivity index (χ4v) is 2.20. The van der Waals surface area contributed by atoms with Gasteiger partial charge in [0.05, 0.1) is 18.9 Å². The lowest BCUT2D eigenvalue weighted by atomic mass is 10.3. The second-order valence-corrected chi connectivity index (χ2v) is 4.37. The van der Waals surface area contributed by atoms with Gasteiger partial charge in [-0.2, -0.15) is 4.52 Å². The largest absolute Gasteiger partial charge is 0.480 e. The maximum Gasteiger partial charge on any atom is 0.317 e. The molecule has 3 heterocycles. The third kappa shape index (κ3) is 2.32. The molecule has 9 nitrogen and oxygen atoms in total. The molecule has 0 saturated carbocycles. The molecule has 0 aliphatic carbocycles. The van der Waals surface area contributed by atoms with Crippen molar-refractivity contribution in [3.8, 4) is 0 Å². The van der Waals surface area contributed by atoms with Crippen LogP contribution in [0.4, 0.5) is 5.82 Å². The normalized spacial score (nSPS) is 16.9. The van der Waals surface area contributed by atoms with Crippen LogP contribution in [0.3, 0.4) is 0 Å². The summed E-state index contributed by atoms with van der Waals surface area (Å²) in [6.07, 6.45) is 3.32. The number of aliphatic carboxylic acids is 1. The second kappa shape index (κ2) is 4.76. The van der Waals surface area contributed by atoms with Crippen molar-refractivity contribution in [3.05, 3.63) is 12.4 Å². The summed E-state index contributed by atoms with van der Waals surface area (Å²) in [6, 6.07) is 0. The lowest BCUT2D eigenvalue weighted by molar-refractivity contribution is -0.138. The molecule has 100 valence electrons. The molecule has 0 aromatic carbocycles. The fraction of sp³-hybridized carbons (Fsp3) is 0.500. The van der Waals surface area contributed by atoms with Gasteiger partial charge in [-0.15, -0.1) is 5.10 Å². The molecule has 0 spiro atoms. The first kappa shape index (κ1) is 11.8. The van der Waals surface area contributed by atoms with E-state index >= 15 is 0 Å². The average Bonchev–Trinajstić information content (AvgIpc) is 2.87. The van der Waals surface area contributed by atoms with Gasteiger partial charge in [-0.1, -0.05) is 0 Å². The Balaban J connectivity index is 1.75. The van der Waals surface area contributed by atoms with Crippen LogP contribution in [0.2, 0.25) is 0 Å². The molecule has 9 heteroatoms. The molecule has 0 bridgehead atoms. The molecule has 2 aromatic rings. The number of carbonyl (C=O) groups is 1. The Hall–Kier alpha value is -2.29. The van der Waals surface area contributed by atoms with Crippen LogP contribution >= 0.6 is 0 Å². The number of hydrogen-bond acceptors (Lipinski definition) is 7. The summed E-state index contributed by atoms with van der Waals surface area (Å²) in [6.45, 7) is 2.94. The Labute approximate surface area is 108 Å². The number of rotatable bonds is 3. The van der Waals surface area contributed by atoms with Crippen molar-refractivity contribution in [2.75, 3.05) is 37.6 Å². The SMILES string of the molecule is O=C(O)CN1CCN(c2cncc3nnnn23)CC1. The van der Waals surface area contributed by atoms with Gasteiger partial charge >= 0.3 is 5.97 Å². The van der Waals surface area contributed by atoms with Crippen LogP contribution in [-0.2, 0) is 4.79 Å². The van der Waals surface area contributed by atoms with E-state index in [0.29, 0.717) is 18.7 Å². The number of carboxylic acid groups (broad SMARTS) is 1. The Kier molecular flexibility index (Phi) is 2.95. The summed E-state index contributed by atoms with van der Waals surface area (Å²) < 4.78 is 1.64. The highest BCUT2D eigenvalue weighted by molar-refractivity contribution is 5.69. The predicted molar refractivity (Wildman–Crippen MR) is 64.9 cm³/mol. The topological polar surface area (TPSA) is 99.8 Å². The second-order valence-electron chi connectivity index (χ2n) is 4.37. The molecule has 1 fully saturated rings. The highest BCUT2D eigenvalue weighted by Gasteiger charge is 2.21. The zero-order valence-electron chi connectivity index (χ0n) is 10.2. The number of carboxylic acids is 1. The number of anilines is 1. The molecule has 1 saturated heterocycles. The van der Waals surface area contributed by atoms with E-state index in [1.54, 1.807) is 16.9 Å². The van der Waals surface area contributed by atoms with Crippen molar-refractivity contribution in [1.82, 2.24) is 29.9 Å². The van der Waals surface area contributed by atoms with E-state index in [2.05, 4.69) is 25.4 Å². The summed E-state index contributed by atoms with van der Waals surface area (Å²) >= 11 is 0. The first-order valence-corrected chi connectivity index (χ1v) is 5.95. The first-order valence-electron chi connectivity index (χ1n) is 5.95. The molecule has 0 atom stereocenters. The summed E-state index contributed by atoms with van der Waals surface area (Å²) in [5.74, 6) is 0.0372. The van der Waals surface area contributed by atoms with Crippen molar-refractivity contribution in [2.24, 2.45) is 0 Å². The van der Waals surface area contributed by atoms with Crippen LogP contribution in [0.1, 0.15) is 0 Å². The third-order valence-electron chi connectivity index (χ3n) is 3.15. The van der Waals surface area contributed by atoms with Crippen molar-refractivity contribution >= 4 is 17.4 Å². The average molecular weight is 263 g/mol. The Morgan fingerprint density at radius 3 is 2.79 bits per heavy atom. The highest BCUT2D eigenvalue weighted by Crippen LogP contribution is 2.15. The Morgan fingerprint density at radius 2 is 2.05 bits per heavy atom. The molecule has 19 heavy (non-hydrogen) atoms. The zero-order valence-corrected chi connectivity index (χ0v) is 10.2. The van der Waals surface area contributed by atoms with E-state index in [0.717, 1.165) is 18.9 Å². The Morgan fingerprint density at radius 1 is 1.26 bits per heavy atom. The standard InChI is InChI=1S/C10H13N7O2/c18-10(19)7-15-1-3-16(4-2-15)9-6-11-5-8-12-13-14-17(8)9/h5-6H,1-4,7H2,(H,18,19). The minimum atomic E-state index is -0.794. The smallest absolute Gasteiger partial charge is 0.317 e. The minimum Gasteiger partial charge on any atom is -0.480 e. The van der Waals surface area contributed by atoms with Crippen LogP contribution in [0, 0.1) is 0 Å². The molecule has 0 unspecified atom stereocenters. The number of fused-ring (bicyclic) bond motifs is 1. The summed E-state index contributed by atoms with van der Waals surface area (Å²) in [5.41, 5.74) is 0.602. The summed E-state index contributed by atoms with van der Waals surface area (Å²) in [7, 11) is 0. The molecule has 1 aliphatic rings. The van der Waals surface area contributed by atoms with Crippen LogP contribution in [-0.4, -0.2) is 73.7 Å². The van der Waals surface area contributed by atoms with Crippen molar-refractivity contribution < 1.29 is 9.90 Å². The van der Waals surface area contributed by atoms with Crippen LogP contribution in [0.5, 0.6) is 0 Å². The number of nitrogens with zero attached hydrogens (tertiary/aromatic N) is 7. The van der Waals surface area contributed by atoms with Gasteiger partial charge in [-0.3, -0.25) is 14.7 Å². The van der Waals surface area contributed by atoms with Gasteiger partial charge in [0.1, 0.15) is 0 Å². The number of tetrazole rings is 1. The van der Waals surface area contributed by atoms with E-state index < -0.39 is 5.97 Å². The van der Waals surface area contributed by atoms with Gasteiger partial charge in [0, 0.05) is 26.2 Å². The summed E-state index contributed by atoms with van der Waals surface area (Å²) in [4.78, 5) is 18.8. The van der Waals surface area contributed by atoms with E-state index in [1.807, 2.05) is 4.90 Å². The predicted octanol–water partition coefficient (Wildman–Crippen LogP) is -1.27. The van der Waals surface area contributed by atoms with E-state index in [1.165, 1.54) is 0 Å². The molecular weight excluding hydrogens is 250 g/mol. The van der Waals surface area contributed by atoms with Crippen LogP contribution in [0.25, 0.3) is 5.65 Å². The monoisotopic (exact) mass is 263 g/mol. The van der Waals surface area contributed by atoms with Gasteiger partial charge in [-0.05, 0) is 10.4 Å².